The van der Waals surface area contributed by atoms with Gasteiger partial charge in [-0.15, -0.1) is 0 Å². The predicted octanol–water partition coefficient (Wildman–Crippen LogP) is 1.38. The summed E-state index contributed by atoms with van der Waals surface area (Å²) in [7, 11) is 0. The molecule has 0 aliphatic heterocycles. The summed E-state index contributed by atoms with van der Waals surface area (Å²) in [5.74, 6) is 3.65. The van der Waals surface area contributed by atoms with Crippen LogP contribution in [0.3, 0.4) is 0 Å². The molecule has 0 aliphatic carbocycles. The third-order valence-electron chi connectivity index (χ3n) is 2.22. The van der Waals surface area contributed by atoms with Crippen LogP contribution in [-0.2, 0) is 11.2 Å². The van der Waals surface area contributed by atoms with Crippen molar-refractivity contribution < 1.29 is 13.5 Å². The molecule has 0 spiro atoms. The van der Waals surface area contributed by atoms with E-state index in [1.54, 1.807) is 0 Å². The second-order valence-corrected chi connectivity index (χ2v) is 3.48. The molecule has 0 saturated carbocycles. The average Bonchev–Trinajstić information content (AvgIpc) is 2.29. The van der Waals surface area contributed by atoms with Crippen molar-refractivity contribution in [2.24, 2.45) is 5.84 Å². The van der Waals surface area contributed by atoms with Gasteiger partial charge in [0, 0.05) is 12.6 Å². The van der Waals surface area contributed by atoms with Crippen LogP contribution in [0.5, 0.6) is 0 Å². The van der Waals surface area contributed by atoms with Crippen molar-refractivity contribution in [1.29, 1.82) is 0 Å². The maximum atomic E-state index is 12.9. The Morgan fingerprint density at radius 1 is 1.38 bits per heavy atom. The minimum Gasteiger partial charge on any atom is -0.380 e. The van der Waals surface area contributed by atoms with Gasteiger partial charge in [0.05, 0.1) is 6.61 Å². The van der Waals surface area contributed by atoms with E-state index in [1.165, 1.54) is 12.1 Å². The van der Waals surface area contributed by atoms with Crippen LogP contribution in [0.2, 0.25) is 0 Å². The summed E-state index contributed by atoms with van der Waals surface area (Å²) >= 11 is 0. The molecule has 0 aromatic heterocycles. The molecule has 0 radical (unpaired) electrons. The van der Waals surface area contributed by atoms with Crippen molar-refractivity contribution in [3.05, 3.63) is 35.4 Å². The zero-order valence-electron chi connectivity index (χ0n) is 9.17. The van der Waals surface area contributed by atoms with E-state index >= 15 is 0 Å². The number of nitrogens with one attached hydrogen (secondary N) is 1. The van der Waals surface area contributed by atoms with E-state index in [2.05, 4.69) is 5.43 Å². The molecule has 5 heteroatoms. The Bertz CT molecular complexity index is 334. The number of rotatable bonds is 6. The second-order valence-electron chi connectivity index (χ2n) is 3.48. The summed E-state index contributed by atoms with van der Waals surface area (Å²) in [6, 6.07) is 3.71. The van der Waals surface area contributed by atoms with E-state index in [1.807, 2.05) is 6.92 Å². The minimum absolute atomic E-state index is 0.107. The fraction of sp³-hybridized carbons (Fsp3) is 0.455. The van der Waals surface area contributed by atoms with Crippen LogP contribution in [0.4, 0.5) is 8.78 Å². The highest BCUT2D eigenvalue weighted by Crippen LogP contribution is 2.10. The molecule has 1 aromatic rings. The SMILES string of the molecule is CCOCC(Cc1ccc(F)c(F)c1)NN. The van der Waals surface area contributed by atoms with Crippen molar-refractivity contribution in [1.82, 2.24) is 5.43 Å². The Hall–Kier alpha value is -1.04. The zero-order valence-corrected chi connectivity index (χ0v) is 9.17. The molecule has 3 N–H and O–H groups in total. The van der Waals surface area contributed by atoms with E-state index < -0.39 is 11.6 Å². The molecule has 0 bridgehead atoms. The molecule has 1 unspecified atom stereocenters. The molecule has 1 aromatic carbocycles. The normalized spacial score (nSPS) is 12.8. The first kappa shape index (κ1) is 13.0. The Morgan fingerprint density at radius 2 is 2.12 bits per heavy atom. The van der Waals surface area contributed by atoms with Crippen molar-refractivity contribution >= 4 is 0 Å². The average molecular weight is 230 g/mol. The van der Waals surface area contributed by atoms with Crippen molar-refractivity contribution in [2.75, 3.05) is 13.2 Å². The van der Waals surface area contributed by atoms with Gasteiger partial charge in [0.1, 0.15) is 0 Å². The standard InChI is InChI=1S/C11H16F2N2O/c1-2-16-7-9(15-14)5-8-3-4-10(12)11(13)6-8/h3-4,6,9,15H,2,5,7,14H2,1H3. The van der Waals surface area contributed by atoms with E-state index in [0.29, 0.717) is 25.2 Å². The molecule has 16 heavy (non-hydrogen) atoms. The second kappa shape index (κ2) is 6.52. The van der Waals surface area contributed by atoms with Crippen LogP contribution in [-0.4, -0.2) is 19.3 Å². The van der Waals surface area contributed by atoms with Crippen molar-refractivity contribution in [3.8, 4) is 0 Å². The summed E-state index contributed by atoms with van der Waals surface area (Å²) in [4.78, 5) is 0. The molecule has 1 rings (SSSR count). The number of halogens is 2. The Morgan fingerprint density at radius 3 is 2.69 bits per heavy atom. The van der Waals surface area contributed by atoms with Gasteiger partial charge in [-0.25, -0.2) is 8.78 Å². The zero-order chi connectivity index (χ0) is 12.0. The molecule has 0 amide bonds. The summed E-state index contributed by atoms with van der Waals surface area (Å²) in [6.07, 6.45) is 0.494. The van der Waals surface area contributed by atoms with Gasteiger partial charge in [-0.2, -0.15) is 0 Å². The predicted molar refractivity (Wildman–Crippen MR) is 57.7 cm³/mol. The highest BCUT2D eigenvalue weighted by atomic mass is 19.2. The summed E-state index contributed by atoms with van der Waals surface area (Å²) < 4.78 is 30.8. The maximum absolute atomic E-state index is 12.9. The molecule has 3 nitrogen and oxygen atoms in total. The van der Waals surface area contributed by atoms with Gasteiger partial charge in [0.2, 0.25) is 0 Å². The smallest absolute Gasteiger partial charge is 0.159 e. The topological polar surface area (TPSA) is 47.3 Å². The molecular formula is C11H16F2N2O. The van der Waals surface area contributed by atoms with E-state index in [-0.39, 0.29) is 6.04 Å². The van der Waals surface area contributed by atoms with Crippen LogP contribution < -0.4 is 11.3 Å². The van der Waals surface area contributed by atoms with Gasteiger partial charge < -0.3 is 4.74 Å². The quantitative estimate of drug-likeness (QED) is 0.573. The summed E-state index contributed by atoms with van der Waals surface area (Å²) in [6.45, 7) is 2.91. The largest absolute Gasteiger partial charge is 0.380 e. The van der Waals surface area contributed by atoms with Crippen molar-refractivity contribution in [3.63, 3.8) is 0 Å². The molecule has 0 aliphatic rings. The highest BCUT2D eigenvalue weighted by Gasteiger charge is 2.09. The molecule has 0 saturated heterocycles. The fourth-order valence-corrected chi connectivity index (χ4v) is 1.38. The third-order valence-corrected chi connectivity index (χ3v) is 2.22. The van der Waals surface area contributed by atoms with E-state index in [4.69, 9.17) is 10.6 Å². The van der Waals surface area contributed by atoms with E-state index in [9.17, 15) is 8.78 Å². The monoisotopic (exact) mass is 230 g/mol. The lowest BCUT2D eigenvalue weighted by molar-refractivity contribution is 0.123. The van der Waals surface area contributed by atoms with Gasteiger partial charge in [0.15, 0.2) is 11.6 Å². The van der Waals surface area contributed by atoms with Crippen LogP contribution in [0.25, 0.3) is 0 Å². The first-order valence-corrected chi connectivity index (χ1v) is 5.15. The number of ether oxygens (including phenoxy) is 1. The lowest BCUT2D eigenvalue weighted by Gasteiger charge is -2.15. The maximum Gasteiger partial charge on any atom is 0.159 e. The lowest BCUT2D eigenvalue weighted by Crippen LogP contribution is -2.40. The highest BCUT2D eigenvalue weighted by molar-refractivity contribution is 5.18. The first-order valence-electron chi connectivity index (χ1n) is 5.15. The third kappa shape index (κ3) is 3.84. The Kier molecular flexibility index (Phi) is 5.31. The van der Waals surface area contributed by atoms with Gasteiger partial charge in [-0.3, -0.25) is 11.3 Å². The van der Waals surface area contributed by atoms with Gasteiger partial charge in [-0.05, 0) is 31.0 Å². The summed E-state index contributed by atoms with van der Waals surface area (Å²) in [5, 5.41) is 0. The number of hydrazine groups is 1. The van der Waals surface area contributed by atoms with Gasteiger partial charge >= 0.3 is 0 Å². The van der Waals surface area contributed by atoms with Crippen LogP contribution in [0.15, 0.2) is 18.2 Å². The molecular weight excluding hydrogens is 214 g/mol. The molecule has 0 heterocycles. The Labute approximate surface area is 93.6 Å². The van der Waals surface area contributed by atoms with E-state index in [0.717, 1.165) is 6.07 Å². The van der Waals surface area contributed by atoms with Crippen LogP contribution in [0, 0.1) is 11.6 Å². The van der Waals surface area contributed by atoms with Gasteiger partial charge in [0.25, 0.3) is 0 Å². The van der Waals surface area contributed by atoms with Gasteiger partial charge in [-0.1, -0.05) is 6.07 Å². The lowest BCUT2D eigenvalue weighted by atomic mass is 10.1. The molecule has 1 atom stereocenters. The number of hydrogen-bond acceptors (Lipinski definition) is 3. The number of benzene rings is 1. The van der Waals surface area contributed by atoms with Crippen molar-refractivity contribution in [2.45, 2.75) is 19.4 Å². The summed E-state index contributed by atoms with van der Waals surface area (Å²) in [5.41, 5.74) is 3.26. The van der Waals surface area contributed by atoms with Crippen LogP contribution >= 0.6 is 0 Å². The number of nitrogens with two attached hydrogens (primary N) is 1. The Balaban J connectivity index is 2.59. The number of hydrogen-bond donors (Lipinski definition) is 2. The molecule has 90 valence electrons. The first-order chi connectivity index (χ1) is 7.67. The minimum atomic E-state index is -0.843. The fourth-order valence-electron chi connectivity index (χ4n) is 1.38. The van der Waals surface area contributed by atoms with Crippen LogP contribution in [0.1, 0.15) is 12.5 Å². The molecule has 0 fully saturated rings.